The topological polar surface area (TPSA) is 66.4 Å². The summed E-state index contributed by atoms with van der Waals surface area (Å²) in [5.74, 6) is -1.16. The van der Waals surface area contributed by atoms with Gasteiger partial charge in [-0.25, -0.2) is 0 Å². The fourth-order valence-corrected chi connectivity index (χ4v) is 1.35. The molecule has 0 bridgehead atoms. The molecule has 0 heterocycles. The highest BCUT2D eigenvalue weighted by atomic mass is 16.4. The van der Waals surface area contributed by atoms with Crippen LogP contribution in [0.2, 0.25) is 0 Å². The summed E-state index contributed by atoms with van der Waals surface area (Å²) in [5.41, 5.74) is 0. The predicted molar refractivity (Wildman–Crippen MR) is 63.2 cm³/mol. The zero-order valence-corrected chi connectivity index (χ0v) is 10.3. The number of rotatable bonds is 9. The van der Waals surface area contributed by atoms with Gasteiger partial charge >= 0.3 is 5.97 Å². The number of hydrogen-bond donors (Lipinski definition) is 2. The van der Waals surface area contributed by atoms with Gasteiger partial charge in [-0.15, -0.1) is 0 Å². The Kier molecular flexibility index (Phi) is 8.58. The van der Waals surface area contributed by atoms with E-state index in [1.165, 1.54) is 6.42 Å². The van der Waals surface area contributed by atoms with Crippen molar-refractivity contribution in [2.75, 3.05) is 6.54 Å². The molecule has 16 heavy (non-hydrogen) atoms. The van der Waals surface area contributed by atoms with Crippen LogP contribution in [0.15, 0.2) is 0 Å². The van der Waals surface area contributed by atoms with Gasteiger partial charge in [0.15, 0.2) is 0 Å². The van der Waals surface area contributed by atoms with E-state index in [0.29, 0.717) is 19.4 Å². The summed E-state index contributed by atoms with van der Waals surface area (Å²) in [5, 5.41) is 11.4. The summed E-state index contributed by atoms with van der Waals surface area (Å²) >= 11 is 0. The largest absolute Gasteiger partial charge is 0.481 e. The maximum Gasteiger partial charge on any atom is 0.306 e. The van der Waals surface area contributed by atoms with Gasteiger partial charge in [-0.05, 0) is 12.8 Å². The van der Waals surface area contributed by atoms with Gasteiger partial charge in [0.2, 0.25) is 5.91 Å². The van der Waals surface area contributed by atoms with Gasteiger partial charge in [-0.3, -0.25) is 9.59 Å². The highest BCUT2D eigenvalue weighted by Gasteiger charge is 2.10. The molecule has 1 atom stereocenters. The highest BCUT2D eigenvalue weighted by Crippen LogP contribution is 2.03. The second-order valence-electron chi connectivity index (χ2n) is 4.19. The van der Waals surface area contributed by atoms with Crippen molar-refractivity contribution in [1.82, 2.24) is 5.32 Å². The Morgan fingerprint density at radius 2 is 1.94 bits per heavy atom. The number of amides is 1. The summed E-state index contributed by atoms with van der Waals surface area (Å²) in [7, 11) is 0. The van der Waals surface area contributed by atoms with Gasteiger partial charge in [0, 0.05) is 13.0 Å². The maximum atomic E-state index is 11.3. The summed E-state index contributed by atoms with van der Waals surface area (Å²) in [4.78, 5) is 21.8. The zero-order valence-electron chi connectivity index (χ0n) is 10.3. The first kappa shape index (κ1) is 14.9. The van der Waals surface area contributed by atoms with E-state index in [1.807, 2.05) is 0 Å². The third-order valence-corrected chi connectivity index (χ3v) is 2.58. The Balaban J connectivity index is 3.40. The minimum absolute atomic E-state index is 0.0358. The monoisotopic (exact) mass is 229 g/mol. The van der Waals surface area contributed by atoms with Crippen molar-refractivity contribution < 1.29 is 14.7 Å². The van der Waals surface area contributed by atoms with Crippen LogP contribution in [0.4, 0.5) is 0 Å². The molecular formula is C12H23NO3. The average molecular weight is 229 g/mol. The minimum atomic E-state index is -0.808. The standard InChI is InChI=1S/C12H23NO3/c1-3-4-5-6-7-11(14)13-9-8-10(2)12(15)16/h10H,3-9H2,1-2H3,(H,13,14)(H,15,16). The zero-order chi connectivity index (χ0) is 12.4. The lowest BCUT2D eigenvalue weighted by molar-refractivity contribution is -0.141. The molecular weight excluding hydrogens is 206 g/mol. The lowest BCUT2D eigenvalue weighted by atomic mass is 10.1. The molecule has 0 rings (SSSR count). The van der Waals surface area contributed by atoms with E-state index in [1.54, 1.807) is 6.92 Å². The number of carboxylic acids is 1. The van der Waals surface area contributed by atoms with Crippen LogP contribution in [0, 0.1) is 5.92 Å². The Morgan fingerprint density at radius 1 is 1.25 bits per heavy atom. The van der Waals surface area contributed by atoms with Crippen LogP contribution < -0.4 is 5.32 Å². The molecule has 0 spiro atoms. The molecule has 0 aromatic rings. The van der Waals surface area contributed by atoms with Crippen molar-refractivity contribution in [2.45, 2.75) is 52.4 Å². The minimum Gasteiger partial charge on any atom is -0.481 e. The molecule has 0 saturated carbocycles. The maximum absolute atomic E-state index is 11.3. The normalized spacial score (nSPS) is 12.1. The molecule has 0 aliphatic rings. The van der Waals surface area contributed by atoms with Gasteiger partial charge in [-0.2, -0.15) is 0 Å². The second-order valence-corrected chi connectivity index (χ2v) is 4.19. The van der Waals surface area contributed by atoms with Crippen LogP contribution in [0.5, 0.6) is 0 Å². The second kappa shape index (κ2) is 9.19. The van der Waals surface area contributed by atoms with E-state index in [9.17, 15) is 9.59 Å². The first-order valence-electron chi connectivity index (χ1n) is 6.07. The van der Waals surface area contributed by atoms with E-state index in [-0.39, 0.29) is 11.8 Å². The van der Waals surface area contributed by atoms with Gasteiger partial charge in [-0.1, -0.05) is 33.1 Å². The number of aliphatic carboxylic acids is 1. The quantitative estimate of drug-likeness (QED) is 0.595. The molecule has 0 fully saturated rings. The number of carbonyl (C=O) groups excluding carboxylic acids is 1. The molecule has 1 amide bonds. The first-order valence-corrected chi connectivity index (χ1v) is 6.07. The number of carbonyl (C=O) groups is 2. The molecule has 2 N–H and O–H groups in total. The lowest BCUT2D eigenvalue weighted by Gasteiger charge is -2.07. The first-order chi connectivity index (χ1) is 7.57. The van der Waals surface area contributed by atoms with Gasteiger partial charge < -0.3 is 10.4 Å². The number of nitrogens with one attached hydrogen (secondary N) is 1. The smallest absolute Gasteiger partial charge is 0.306 e. The molecule has 0 radical (unpaired) electrons. The SMILES string of the molecule is CCCCCCC(=O)NCCC(C)C(=O)O. The van der Waals surface area contributed by atoms with E-state index in [2.05, 4.69) is 12.2 Å². The molecule has 4 heteroatoms. The van der Waals surface area contributed by atoms with Gasteiger partial charge in [0.05, 0.1) is 5.92 Å². The van der Waals surface area contributed by atoms with Crippen LogP contribution in [-0.2, 0) is 9.59 Å². The Bertz CT molecular complexity index is 216. The van der Waals surface area contributed by atoms with E-state index >= 15 is 0 Å². The summed E-state index contributed by atoms with van der Waals surface area (Å²) < 4.78 is 0. The van der Waals surface area contributed by atoms with Crippen molar-refractivity contribution in [3.63, 3.8) is 0 Å². The third-order valence-electron chi connectivity index (χ3n) is 2.58. The third kappa shape index (κ3) is 8.26. The van der Waals surface area contributed by atoms with Crippen LogP contribution in [-0.4, -0.2) is 23.5 Å². The molecule has 0 aliphatic carbocycles. The Morgan fingerprint density at radius 3 is 2.50 bits per heavy atom. The number of carboxylic acid groups (broad SMARTS) is 1. The van der Waals surface area contributed by atoms with Crippen LogP contribution in [0.1, 0.15) is 52.4 Å². The van der Waals surface area contributed by atoms with Gasteiger partial charge in [0.25, 0.3) is 0 Å². The van der Waals surface area contributed by atoms with Crippen molar-refractivity contribution in [3.8, 4) is 0 Å². The molecule has 0 aliphatic heterocycles. The van der Waals surface area contributed by atoms with Crippen LogP contribution in [0.3, 0.4) is 0 Å². The summed E-state index contributed by atoms with van der Waals surface area (Å²) in [6.45, 7) is 4.24. The number of hydrogen-bond acceptors (Lipinski definition) is 2. The van der Waals surface area contributed by atoms with Crippen molar-refractivity contribution in [3.05, 3.63) is 0 Å². The molecule has 4 nitrogen and oxygen atoms in total. The molecule has 94 valence electrons. The van der Waals surface area contributed by atoms with Crippen LogP contribution in [0.25, 0.3) is 0 Å². The summed E-state index contributed by atoms with van der Waals surface area (Å²) in [6, 6.07) is 0. The van der Waals surface area contributed by atoms with Crippen molar-refractivity contribution >= 4 is 11.9 Å². The van der Waals surface area contributed by atoms with E-state index in [0.717, 1.165) is 19.3 Å². The molecule has 1 unspecified atom stereocenters. The average Bonchev–Trinajstić information content (AvgIpc) is 2.24. The highest BCUT2D eigenvalue weighted by molar-refractivity contribution is 5.75. The summed E-state index contributed by atoms with van der Waals surface area (Å²) in [6.07, 6.45) is 5.40. The number of unbranched alkanes of at least 4 members (excludes halogenated alkanes) is 3. The van der Waals surface area contributed by atoms with Gasteiger partial charge in [0.1, 0.15) is 0 Å². The molecule has 0 aromatic heterocycles. The molecule has 0 saturated heterocycles. The van der Waals surface area contributed by atoms with Crippen molar-refractivity contribution in [2.24, 2.45) is 5.92 Å². The fraction of sp³-hybridized carbons (Fsp3) is 0.833. The Labute approximate surface area is 97.4 Å². The fourth-order valence-electron chi connectivity index (χ4n) is 1.35. The Hall–Kier alpha value is -1.06. The lowest BCUT2D eigenvalue weighted by Crippen LogP contribution is -2.26. The predicted octanol–water partition coefficient (Wildman–Crippen LogP) is 2.18. The van der Waals surface area contributed by atoms with Crippen LogP contribution >= 0.6 is 0 Å². The molecule has 0 aromatic carbocycles. The van der Waals surface area contributed by atoms with E-state index in [4.69, 9.17) is 5.11 Å². The van der Waals surface area contributed by atoms with E-state index < -0.39 is 5.97 Å². The van der Waals surface area contributed by atoms with Crippen molar-refractivity contribution in [1.29, 1.82) is 0 Å².